The van der Waals surface area contributed by atoms with E-state index in [1.165, 1.54) is 0 Å². The Morgan fingerprint density at radius 2 is 2.00 bits per heavy atom. The lowest BCUT2D eigenvalue weighted by molar-refractivity contribution is -0.0174. The molecule has 2 N–H and O–H groups in total. The summed E-state index contributed by atoms with van der Waals surface area (Å²) in [7, 11) is 3.43. The molecular weight excluding hydrogens is 459 g/mol. The van der Waals surface area contributed by atoms with Crippen LogP contribution in [-0.4, -0.2) is 76.6 Å². The summed E-state index contributed by atoms with van der Waals surface area (Å²) in [6, 6.07) is 8.44. The van der Waals surface area contributed by atoms with E-state index in [9.17, 15) is 0 Å². The molecule has 1 aromatic rings. The smallest absolute Gasteiger partial charge is 0.191 e. The van der Waals surface area contributed by atoms with Gasteiger partial charge >= 0.3 is 0 Å². The predicted molar refractivity (Wildman–Crippen MR) is 120 cm³/mol. The molecule has 2 rings (SSSR count). The van der Waals surface area contributed by atoms with Crippen molar-refractivity contribution in [3.05, 3.63) is 24.3 Å². The van der Waals surface area contributed by atoms with Gasteiger partial charge in [-0.1, -0.05) is 0 Å². The average Bonchev–Trinajstić information content (AvgIpc) is 2.68. The number of benzene rings is 1. The van der Waals surface area contributed by atoms with Crippen LogP contribution < -0.4 is 20.1 Å². The van der Waals surface area contributed by atoms with Crippen molar-refractivity contribution < 1.29 is 14.2 Å². The Hall–Kier alpha value is -1.26. The highest BCUT2D eigenvalue weighted by Crippen LogP contribution is 2.16. The van der Waals surface area contributed by atoms with Gasteiger partial charge in [-0.3, -0.25) is 9.89 Å². The Morgan fingerprint density at radius 3 is 2.63 bits per heavy atom. The Balaban J connectivity index is 0.00000364. The largest absolute Gasteiger partial charge is 0.497 e. The lowest BCUT2D eigenvalue weighted by atomic mass is 10.2. The average molecular weight is 492 g/mol. The third kappa shape index (κ3) is 8.10. The van der Waals surface area contributed by atoms with Gasteiger partial charge in [0.2, 0.25) is 0 Å². The molecule has 0 radical (unpaired) electrons. The van der Waals surface area contributed by atoms with E-state index in [-0.39, 0.29) is 24.0 Å². The summed E-state index contributed by atoms with van der Waals surface area (Å²) in [6.45, 7) is 9.10. The third-order valence-electron chi connectivity index (χ3n) is 4.50. The van der Waals surface area contributed by atoms with Gasteiger partial charge in [0.15, 0.2) is 5.96 Å². The molecule has 8 heteroatoms. The van der Waals surface area contributed by atoms with Crippen molar-refractivity contribution >= 4 is 29.9 Å². The van der Waals surface area contributed by atoms with Gasteiger partial charge in [-0.05, 0) is 38.1 Å². The van der Waals surface area contributed by atoms with Crippen molar-refractivity contribution in [3.63, 3.8) is 0 Å². The van der Waals surface area contributed by atoms with E-state index >= 15 is 0 Å². The molecular formula is C19H33IN4O3. The van der Waals surface area contributed by atoms with Crippen molar-refractivity contribution in [3.8, 4) is 11.5 Å². The summed E-state index contributed by atoms with van der Waals surface area (Å²) in [5.41, 5.74) is 0. The van der Waals surface area contributed by atoms with Gasteiger partial charge in [-0.15, -0.1) is 24.0 Å². The fourth-order valence-electron chi connectivity index (χ4n) is 2.99. The molecule has 2 atom stereocenters. The summed E-state index contributed by atoms with van der Waals surface area (Å²) in [5, 5.41) is 6.66. The standard InChI is InChI=1S/C19H32N4O3.HI/c1-15(23-10-12-25-14-16(23)2)13-22-19(20-3)21-9-11-26-18-7-5-17(24-4)6-8-18;/h5-8,15-16H,9-14H2,1-4H3,(H2,20,21,22);1H. The molecule has 0 saturated carbocycles. The van der Waals surface area contributed by atoms with Gasteiger partial charge in [0.25, 0.3) is 0 Å². The molecule has 0 aliphatic carbocycles. The number of methoxy groups -OCH3 is 1. The number of hydrogen-bond donors (Lipinski definition) is 2. The molecule has 1 aliphatic heterocycles. The fourth-order valence-corrected chi connectivity index (χ4v) is 2.99. The molecule has 154 valence electrons. The Kier molecular flexibility index (Phi) is 11.5. The molecule has 7 nitrogen and oxygen atoms in total. The zero-order valence-corrected chi connectivity index (χ0v) is 19.1. The number of halogens is 1. The van der Waals surface area contributed by atoms with Crippen molar-refractivity contribution in [2.75, 3.05) is 53.6 Å². The van der Waals surface area contributed by atoms with Crippen LogP contribution in [0.2, 0.25) is 0 Å². The number of guanidine groups is 1. The second kappa shape index (κ2) is 13.0. The third-order valence-corrected chi connectivity index (χ3v) is 4.50. The summed E-state index contributed by atoms with van der Waals surface area (Å²) < 4.78 is 16.4. The Labute approximate surface area is 179 Å². The minimum Gasteiger partial charge on any atom is -0.497 e. The maximum absolute atomic E-state index is 5.71. The molecule has 1 heterocycles. The van der Waals surface area contributed by atoms with Crippen molar-refractivity contribution in [1.82, 2.24) is 15.5 Å². The van der Waals surface area contributed by atoms with Crippen LogP contribution in [-0.2, 0) is 4.74 Å². The van der Waals surface area contributed by atoms with Gasteiger partial charge in [0, 0.05) is 32.2 Å². The van der Waals surface area contributed by atoms with E-state index in [0.717, 1.165) is 43.8 Å². The molecule has 1 fully saturated rings. The molecule has 27 heavy (non-hydrogen) atoms. The van der Waals surface area contributed by atoms with Crippen LogP contribution in [0.1, 0.15) is 13.8 Å². The number of nitrogens with zero attached hydrogens (tertiary/aromatic N) is 2. The lowest BCUT2D eigenvalue weighted by Gasteiger charge is -2.38. The predicted octanol–water partition coefficient (Wildman–Crippen LogP) is 1.97. The maximum Gasteiger partial charge on any atom is 0.191 e. The highest BCUT2D eigenvalue weighted by Gasteiger charge is 2.23. The number of hydrogen-bond acceptors (Lipinski definition) is 5. The fraction of sp³-hybridized carbons (Fsp3) is 0.632. The normalized spacial score (nSPS) is 19.0. The number of aliphatic imine (C=N–C) groups is 1. The van der Waals surface area contributed by atoms with Crippen molar-refractivity contribution in [2.24, 2.45) is 4.99 Å². The van der Waals surface area contributed by atoms with E-state index in [1.54, 1.807) is 14.2 Å². The Morgan fingerprint density at radius 1 is 1.30 bits per heavy atom. The van der Waals surface area contributed by atoms with Crippen LogP contribution in [0.5, 0.6) is 11.5 Å². The second-order valence-electron chi connectivity index (χ2n) is 6.41. The van der Waals surface area contributed by atoms with Crippen LogP contribution in [0.15, 0.2) is 29.3 Å². The zero-order chi connectivity index (χ0) is 18.8. The minimum atomic E-state index is 0. The number of ether oxygens (including phenoxy) is 3. The Bertz CT molecular complexity index is 556. The summed E-state index contributed by atoms with van der Waals surface area (Å²) in [6.07, 6.45) is 0. The summed E-state index contributed by atoms with van der Waals surface area (Å²) >= 11 is 0. The van der Waals surface area contributed by atoms with Crippen molar-refractivity contribution in [2.45, 2.75) is 25.9 Å². The molecule has 0 aromatic heterocycles. The first kappa shape index (κ1) is 23.8. The first-order chi connectivity index (χ1) is 12.6. The second-order valence-corrected chi connectivity index (χ2v) is 6.41. The van der Waals surface area contributed by atoms with Gasteiger partial charge in [0.05, 0.1) is 26.9 Å². The number of morpholine rings is 1. The topological polar surface area (TPSA) is 67.4 Å². The van der Waals surface area contributed by atoms with Crippen molar-refractivity contribution in [1.29, 1.82) is 0 Å². The monoisotopic (exact) mass is 492 g/mol. The van der Waals surface area contributed by atoms with E-state index in [2.05, 4.69) is 34.4 Å². The lowest BCUT2D eigenvalue weighted by Crippen LogP contribution is -2.53. The quantitative estimate of drug-likeness (QED) is 0.251. The van der Waals surface area contributed by atoms with Crippen LogP contribution in [0.3, 0.4) is 0 Å². The van der Waals surface area contributed by atoms with Gasteiger partial charge < -0.3 is 24.8 Å². The molecule has 1 saturated heterocycles. The SMILES string of the molecule is CN=C(NCCOc1ccc(OC)cc1)NCC(C)N1CCOCC1C.I. The van der Waals surface area contributed by atoms with Crippen LogP contribution >= 0.6 is 24.0 Å². The highest BCUT2D eigenvalue weighted by molar-refractivity contribution is 14.0. The van der Waals surface area contributed by atoms with Crippen LogP contribution in [0.25, 0.3) is 0 Å². The van der Waals surface area contributed by atoms with E-state index in [0.29, 0.717) is 25.2 Å². The van der Waals surface area contributed by atoms with Gasteiger partial charge in [-0.25, -0.2) is 0 Å². The maximum atomic E-state index is 5.71. The first-order valence-electron chi connectivity index (χ1n) is 9.19. The summed E-state index contributed by atoms with van der Waals surface area (Å²) in [4.78, 5) is 6.74. The molecule has 2 unspecified atom stereocenters. The van der Waals surface area contributed by atoms with E-state index in [4.69, 9.17) is 14.2 Å². The highest BCUT2D eigenvalue weighted by atomic mass is 127. The van der Waals surface area contributed by atoms with Gasteiger partial charge in [0.1, 0.15) is 18.1 Å². The molecule has 1 aromatic carbocycles. The summed E-state index contributed by atoms with van der Waals surface area (Å²) in [5.74, 6) is 2.44. The van der Waals surface area contributed by atoms with Gasteiger partial charge in [-0.2, -0.15) is 0 Å². The van der Waals surface area contributed by atoms with E-state index in [1.807, 2.05) is 24.3 Å². The number of nitrogens with one attached hydrogen (secondary N) is 2. The molecule has 1 aliphatic rings. The van der Waals surface area contributed by atoms with Crippen LogP contribution in [0.4, 0.5) is 0 Å². The molecule has 0 amide bonds. The van der Waals surface area contributed by atoms with Crippen LogP contribution in [0, 0.1) is 0 Å². The zero-order valence-electron chi connectivity index (χ0n) is 16.7. The molecule has 0 bridgehead atoms. The first-order valence-corrected chi connectivity index (χ1v) is 9.19. The molecule has 0 spiro atoms. The number of rotatable bonds is 8. The minimum absolute atomic E-state index is 0. The van der Waals surface area contributed by atoms with E-state index < -0.39 is 0 Å².